The second kappa shape index (κ2) is 9.28. The van der Waals surface area contributed by atoms with E-state index in [1.54, 1.807) is 7.05 Å². The smallest absolute Gasteiger partial charge is 0.325 e. The van der Waals surface area contributed by atoms with Crippen LogP contribution in [0.5, 0.6) is 0 Å². The summed E-state index contributed by atoms with van der Waals surface area (Å²) in [5.74, 6) is 1.58. The van der Waals surface area contributed by atoms with E-state index in [0.717, 1.165) is 18.1 Å². The zero-order chi connectivity index (χ0) is 16.6. The maximum absolute atomic E-state index is 11.7. The second-order valence-corrected chi connectivity index (χ2v) is 8.17. The molecule has 1 aliphatic rings. The van der Waals surface area contributed by atoms with Gasteiger partial charge in [0.2, 0.25) is 0 Å². The summed E-state index contributed by atoms with van der Waals surface area (Å²) in [6, 6.07) is 0.433. The van der Waals surface area contributed by atoms with Crippen LogP contribution in [0, 0.1) is 0 Å². The molecule has 2 atom stereocenters. The van der Waals surface area contributed by atoms with Gasteiger partial charge in [-0.1, -0.05) is 13.3 Å². The molecule has 1 rings (SSSR count). The molecule has 0 spiro atoms. The van der Waals surface area contributed by atoms with Crippen LogP contribution < -0.4 is 10.6 Å². The van der Waals surface area contributed by atoms with Crippen LogP contribution >= 0.6 is 11.8 Å². The average molecular weight is 330 g/mol. The monoisotopic (exact) mass is 329 g/mol. The molecule has 0 radical (unpaired) electrons. The van der Waals surface area contributed by atoms with Crippen molar-refractivity contribution in [2.45, 2.75) is 70.3 Å². The highest BCUT2D eigenvalue weighted by atomic mass is 32.2. The maximum Gasteiger partial charge on any atom is 0.325 e. The number of aliphatic imine (C=N–C) groups is 1. The van der Waals surface area contributed by atoms with Gasteiger partial charge in [0.05, 0.1) is 0 Å². The molecular weight excluding hydrogens is 298 g/mol. The summed E-state index contributed by atoms with van der Waals surface area (Å²) in [6.07, 6.45) is 4.87. The Bertz CT molecular complexity index is 378. The van der Waals surface area contributed by atoms with Crippen molar-refractivity contribution in [2.75, 3.05) is 19.3 Å². The number of thioether (sulfide) groups is 1. The molecule has 0 aliphatic heterocycles. The fourth-order valence-corrected chi connectivity index (χ4v) is 3.76. The summed E-state index contributed by atoms with van der Waals surface area (Å²) in [5.41, 5.74) is -0.455. The van der Waals surface area contributed by atoms with Crippen molar-refractivity contribution in [3.8, 4) is 0 Å². The highest BCUT2D eigenvalue weighted by Gasteiger charge is 2.23. The number of carbonyl (C=O) groups excluding carboxylic acids is 1. The largest absolute Gasteiger partial charge is 0.459 e. The summed E-state index contributed by atoms with van der Waals surface area (Å²) >= 11 is 2.04. The van der Waals surface area contributed by atoms with Gasteiger partial charge in [0.25, 0.3) is 0 Å². The molecule has 0 aromatic heterocycles. The maximum atomic E-state index is 11.7. The van der Waals surface area contributed by atoms with Gasteiger partial charge in [-0.15, -0.1) is 0 Å². The number of rotatable bonds is 5. The molecule has 0 saturated heterocycles. The lowest BCUT2D eigenvalue weighted by atomic mass is 9.95. The number of hydrogen-bond acceptors (Lipinski definition) is 4. The standard InChI is InChI=1S/C16H31N3O2S/c1-6-22-13-9-7-8-12(10-13)19-15(17-5)18-11-14(20)21-16(2,3)4/h12-13H,6-11H2,1-5H3,(H2,17,18,19). The number of guanidine groups is 1. The van der Waals surface area contributed by atoms with Crippen molar-refractivity contribution in [2.24, 2.45) is 4.99 Å². The fraction of sp³-hybridized carbons (Fsp3) is 0.875. The van der Waals surface area contributed by atoms with E-state index in [2.05, 4.69) is 22.5 Å². The van der Waals surface area contributed by atoms with Crippen LogP contribution in [0.2, 0.25) is 0 Å². The quantitative estimate of drug-likeness (QED) is 0.461. The SMILES string of the molecule is CCSC1CCCC(NC(=NC)NCC(=O)OC(C)(C)C)C1. The van der Waals surface area contributed by atoms with Crippen LogP contribution in [-0.4, -0.2) is 48.2 Å². The van der Waals surface area contributed by atoms with Crippen LogP contribution in [0.15, 0.2) is 4.99 Å². The third-order valence-corrected chi connectivity index (χ3v) is 4.65. The second-order valence-electron chi connectivity index (χ2n) is 6.60. The highest BCUT2D eigenvalue weighted by molar-refractivity contribution is 7.99. The van der Waals surface area contributed by atoms with Crippen molar-refractivity contribution in [1.82, 2.24) is 10.6 Å². The molecule has 6 heteroatoms. The van der Waals surface area contributed by atoms with E-state index in [9.17, 15) is 4.79 Å². The highest BCUT2D eigenvalue weighted by Crippen LogP contribution is 2.28. The van der Waals surface area contributed by atoms with Crippen molar-refractivity contribution < 1.29 is 9.53 Å². The molecule has 1 fully saturated rings. The first-order chi connectivity index (χ1) is 10.3. The summed E-state index contributed by atoms with van der Waals surface area (Å²) in [6.45, 7) is 7.95. The van der Waals surface area contributed by atoms with Crippen molar-refractivity contribution in [3.63, 3.8) is 0 Å². The Morgan fingerprint density at radius 3 is 2.68 bits per heavy atom. The van der Waals surface area contributed by atoms with Crippen LogP contribution in [0.1, 0.15) is 53.4 Å². The third-order valence-electron chi connectivity index (χ3n) is 3.41. The Labute approximate surface area is 139 Å². The molecule has 1 aliphatic carbocycles. The Morgan fingerprint density at radius 1 is 1.36 bits per heavy atom. The fourth-order valence-electron chi connectivity index (χ4n) is 2.58. The van der Waals surface area contributed by atoms with Gasteiger partial charge in [0, 0.05) is 18.3 Å². The minimum absolute atomic E-state index is 0.136. The number of nitrogens with zero attached hydrogens (tertiary/aromatic N) is 1. The van der Waals surface area contributed by atoms with E-state index >= 15 is 0 Å². The van der Waals surface area contributed by atoms with Crippen molar-refractivity contribution >= 4 is 23.7 Å². The van der Waals surface area contributed by atoms with E-state index in [4.69, 9.17) is 4.74 Å². The average Bonchev–Trinajstić information content (AvgIpc) is 2.42. The van der Waals surface area contributed by atoms with Crippen LogP contribution in [-0.2, 0) is 9.53 Å². The first-order valence-electron chi connectivity index (χ1n) is 8.14. The summed E-state index contributed by atoms with van der Waals surface area (Å²) in [4.78, 5) is 15.9. The summed E-state index contributed by atoms with van der Waals surface area (Å²) < 4.78 is 5.28. The molecule has 2 unspecified atom stereocenters. The Balaban J connectivity index is 2.37. The van der Waals surface area contributed by atoms with Gasteiger partial charge in [-0.3, -0.25) is 9.79 Å². The molecule has 0 bridgehead atoms. The van der Waals surface area contributed by atoms with E-state index < -0.39 is 5.60 Å². The molecular formula is C16H31N3O2S. The molecule has 2 N–H and O–H groups in total. The Hall–Kier alpha value is -0.910. The molecule has 5 nitrogen and oxygen atoms in total. The Morgan fingerprint density at radius 2 is 2.09 bits per heavy atom. The third kappa shape index (κ3) is 7.92. The minimum atomic E-state index is -0.455. The van der Waals surface area contributed by atoms with Crippen LogP contribution in [0.25, 0.3) is 0 Å². The van der Waals surface area contributed by atoms with Gasteiger partial charge >= 0.3 is 5.97 Å². The molecule has 128 valence electrons. The summed E-state index contributed by atoms with van der Waals surface area (Å²) in [5, 5.41) is 7.21. The number of ether oxygens (including phenoxy) is 1. The lowest BCUT2D eigenvalue weighted by molar-refractivity contribution is -0.153. The zero-order valence-corrected chi connectivity index (χ0v) is 15.4. The van der Waals surface area contributed by atoms with Gasteiger partial charge < -0.3 is 15.4 Å². The van der Waals surface area contributed by atoms with Gasteiger partial charge in [-0.25, -0.2) is 0 Å². The normalized spacial score (nSPS) is 23.0. The van der Waals surface area contributed by atoms with Gasteiger partial charge in [-0.2, -0.15) is 11.8 Å². The number of hydrogen-bond donors (Lipinski definition) is 2. The molecule has 1 saturated carbocycles. The first-order valence-corrected chi connectivity index (χ1v) is 9.19. The van der Waals surface area contributed by atoms with Crippen LogP contribution in [0.3, 0.4) is 0 Å². The number of nitrogens with one attached hydrogen (secondary N) is 2. The van der Waals surface area contributed by atoms with Crippen molar-refractivity contribution in [3.05, 3.63) is 0 Å². The zero-order valence-electron chi connectivity index (χ0n) is 14.6. The van der Waals surface area contributed by atoms with E-state index in [1.807, 2.05) is 32.5 Å². The molecule has 0 amide bonds. The number of esters is 1. The minimum Gasteiger partial charge on any atom is -0.459 e. The Kier molecular flexibility index (Phi) is 8.07. The van der Waals surface area contributed by atoms with Gasteiger partial charge in [-0.05, 0) is 45.8 Å². The van der Waals surface area contributed by atoms with Gasteiger partial charge in [0.1, 0.15) is 12.1 Å². The molecule has 0 heterocycles. The summed E-state index contributed by atoms with van der Waals surface area (Å²) in [7, 11) is 1.73. The van der Waals surface area contributed by atoms with Crippen molar-refractivity contribution in [1.29, 1.82) is 0 Å². The predicted molar refractivity (Wildman–Crippen MR) is 94.5 cm³/mol. The number of carbonyl (C=O) groups is 1. The van der Waals surface area contributed by atoms with E-state index in [-0.39, 0.29) is 12.5 Å². The lowest BCUT2D eigenvalue weighted by Gasteiger charge is -2.30. The predicted octanol–water partition coefficient (Wildman–Crippen LogP) is 2.56. The first kappa shape index (κ1) is 19.1. The van der Waals surface area contributed by atoms with Gasteiger partial charge in [0.15, 0.2) is 5.96 Å². The van der Waals surface area contributed by atoms with E-state index in [0.29, 0.717) is 12.0 Å². The molecule has 0 aromatic rings. The van der Waals surface area contributed by atoms with E-state index in [1.165, 1.54) is 18.6 Å². The topological polar surface area (TPSA) is 62.7 Å². The molecule has 22 heavy (non-hydrogen) atoms. The lowest BCUT2D eigenvalue weighted by Crippen LogP contribution is -2.47. The molecule has 0 aromatic carbocycles. The van der Waals surface area contributed by atoms with Crippen LogP contribution in [0.4, 0.5) is 0 Å².